The lowest BCUT2D eigenvalue weighted by Gasteiger charge is -2.29. The second-order valence-electron chi connectivity index (χ2n) is 27.5. The van der Waals surface area contributed by atoms with Gasteiger partial charge in [-0.05, 0) is 102 Å². The Morgan fingerprint density at radius 2 is 0.716 bits per heavy atom. The van der Waals surface area contributed by atoms with E-state index in [0.717, 1.165) is 0 Å². The number of primary amides is 3. The Morgan fingerprint density at radius 1 is 0.388 bits per heavy atom. The quantitative estimate of drug-likeness (QED) is 0.0125. The number of phenolic OH excluding ortho intramolecular Hbond substituents is 1. The Kier molecular flexibility index (Phi) is 48.2. The number of phenols is 1. The Labute approximate surface area is 693 Å². The molecule has 1 aromatic carbocycles. The first-order valence-corrected chi connectivity index (χ1v) is 39.5. The van der Waals surface area contributed by atoms with Gasteiger partial charge in [-0.3, -0.25) is 91.5 Å². The van der Waals surface area contributed by atoms with E-state index >= 15 is 0 Å². The van der Waals surface area contributed by atoms with Crippen LogP contribution in [-0.4, -0.2) is 262 Å². The van der Waals surface area contributed by atoms with Crippen LogP contribution in [0.1, 0.15) is 118 Å². The average molecular weight is 1720 g/mol. The van der Waals surface area contributed by atoms with Crippen LogP contribution >= 0.6 is 50.5 Å². The number of rotatable bonds is 55. The highest BCUT2D eigenvalue weighted by Gasteiger charge is 2.39. The van der Waals surface area contributed by atoms with Gasteiger partial charge in [0.2, 0.25) is 100 Å². The van der Waals surface area contributed by atoms with Crippen molar-refractivity contribution in [2.75, 3.05) is 42.6 Å². The summed E-state index contributed by atoms with van der Waals surface area (Å²) >= 11 is 16.9. The van der Waals surface area contributed by atoms with Crippen LogP contribution in [0.5, 0.6) is 5.75 Å². The lowest BCUT2D eigenvalue weighted by Crippen LogP contribution is -2.62. The molecule has 116 heavy (non-hydrogen) atoms. The van der Waals surface area contributed by atoms with Crippen molar-refractivity contribution < 1.29 is 91.7 Å². The standard InChI is InChI=1S/C68H117N25O19S4/c1-8-31(4)50(65(111)89-46(29-116)63(109)91-49(30(2)3)64(110)88-44(27-114)60(106)83-39(15-12-22-79-68(76)77)56(102)81-37(52(73)98)14-11-21-78-67(74)75)92-54(100)33(6)80-55(101)38(13-9-10-20-69)82-58(104)41(24-47(71)96)85-59(105)42(25-48(72)97)86-61(107)43(26-113)87-57(103)40(23-35-16-18-36(95)19-17-35)84-62(108)45(28-115)90-66(112)51(34(7)94)93-53(99)32(5)70/h16-19,30-34,37-46,49-51,94-95,113-116H,8-15,20-29,69-70H2,1-7H3,(H2,71,96)(H2,72,97)(H2,73,98)(H,80,101)(H,81,102)(H,82,104)(H,83,106)(H,84,108)(H,85,105)(H,86,107)(H,87,103)(H,88,110)(H,89,111)(H,90,112)(H,91,109)(H,92,100)(H,93,99)(H4,74,75,78)(H4,76,77,79)/t31-,32-,33-,34+,37+,38-,39+,40-,41-,42-,43-,44+,45-,46-,49-,50-,51-/m0/s1. The molecule has 17 atom stereocenters. The van der Waals surface area contributed by atoms with Gasteiger partial charge in [-0.1, -0.05) is 46.2 Å². The van der Waals surface area contributed by atoms with Crippen molar-refractivity contribution in [1.82, 2.24) is 74.4 Å². The fraction of sp³-hybridized carbons (Fsp3) is 0.632. The molecule has 0 radical (unpaired) electrons. The summed E-state index contributed by atoms with van der Waals surface area (Å²) in [6, 6.07) is -17.5. The smallest absolute Gasteiger partial charge is 0.245 e. The third kappa shape index (κ3) is 38.5. The largest absolute Gasteiger partial charge is 0.508 e. The van der Waals surface area contributed by atoms with E-state index in [-0.39, 0.29) is 107 Å². The van der Waals surface area contributed by atoms with E-state index in [2.05, 4.69) is 135 Å². The molecule has 44 nitrogen and oxygen atoms in total. The average Bonchev–Trinajstić information content (AvgIpc) is 0.856. The van der Waals surface area contributed by atoms with Gasteiger partial charge in [0.25, 0.3) is 0 Å². The molecule has 48 heteroatoms. The summed E-state index contributed by atoms with van der Waals surface area (Å²) in [6.07, 6.45) is -2.95. The number of benzene rings is 1. The number of hydrogen-bond acceptors (Lipinski definition) is 27. The number of guanidine groups is 2. The molecule has 0 aliphatic carbocycles. The zero-order valence-corrected chi connectivity index (χ0v) is 69.2. The van der Waals surface area contributed by atoms with Gasteiger partial charge in [-0.2, -0.15) is 50.5 Å². The number of aliphatic imine (C=N–C) groups is 2. The highest BCUT2D eigenvalue weighted by molar-refractivity contribution is 7.80. The number of nitrogens with two attached hydrogens (primary N) is 9. The van der Waals surface area contributed by atoms with Crippen molar-refractivity contribution >= 4 is 163 Å². The second kappa shape index (κ2) is 53.9. The summed E-state index contributed by atoms with van der Waals surface area (Å²) in [4.78, 5) is 239. The SMILES string of the molecule is CC[C@H](C)[C@H](NC(=O)[C@H](C)NC(=O)[C@H](CCCCN)NC(=O)[C@H](CC(N)=O)NC(=O)[C@H](CC(N)=O)NC(=O)[C@H](CS)NC(=O)[C@H](Cc1ccc(O)cc1)NC(=O)[C@H](CS)NC(=O)[C@@H](NC(=O)[C@H](C)N)[C@@H](C)O)C(=O)N[C@@H](CS)C(=O)N[C@H](C(=O)N[C@H](CS)C(=O)N[C@H](CCCN=C(N)N)C(=O)N[C@H](CCCN=C(N)N)C(N)=O)C(C)C. The monoisotopic (exact) mass is 1720 g/mol. The second-order valence-corrected chi connectivity index (χ2v) is 28.9. The molecule has 0 aromatic heterocycles. The van der Waals surface area contributed by atoms with E-state index in [9.17, 15) is 91.7 Å². The molecular formula is C68H117N25O19S4. The van der Waals surface area contributed by atoms with Crippen molar-refractivity contribution in [2.24, 2.45) is 73.4 Å². The molecule has 34 N–H and O–H groups in total. The Hall–Kier alpha value is -10.2. The Bertz CT molecular complexity index is 3580. The van der Waals surface area contributed by atoms with E-state index in [1.165, 1.54) is 45.0 Å². The number of aliphatic hydroxyl groups excluding tert-OH is 1. The molecule has 0 bridgehead atoms. The number of nitrogens with zero attached hydrogens (tertiary/aromatic N) is 2. The fourth-order valence-electron chi connectivity index (χ4n) is 10.5. The molecule has 0 spiro atoms. The van der Waals surface area contributed by atoms with E-state index in [1.807, 2.05) is 0 Å². The number of aromatic hydroxyl groups is 1. The first-order valence-electron chi connectivity index (χ1n) is 37.0. The normalized spacial score (nSPS) is 15.4. The summed E-state index contributed by atoms with van der Waals surface area (Å²) in [5.74, 6) is -21.1. The van der Waals surface area contributed by atoms with Crippen molar-refractivity contribution in [3.63, 3.8) is 0 Å². The van der Waals surface area contributed by atoms with Gasteiger partial charge in [0.1, 0.15) is 90.3 Å². The third-order valence-corrected chi connectivity index (χ3v) is 18.8. The van der Waals surface area contributed by atoms with Gasteiger partial charge in [-0.15, -0.1) is 0 Å². The molecule has 0 heterocycles. The highest BCUT2D eigenvalue weighted by atomic mass is 32.1. The molecule has 0 aliphatic rings. The minimum atomic E-state index is -1.99. The molecule has 0 fully saturated rings. The molecular weight excluding hydrogens is 1600 g/mol. The fourth-order valence-corrected chi connectivity index (χ4v) is 11.6. The summed E-state index contributed by atoms with van der Waals surface area (Å²) < 4.78 is 0. The first-order chi connectivity index (χ1) is 54.4. The van der Waals surface area contributed by atoms with Gasteiger partial charge in [0.05, 0.1) is 25.0 Å². The maximum Gasteiger partial charge on any atom is 0.245 e. The number of amides is 17. The van der Waals surface area contributed by atoms with Crippen LogP contribution in [-0.2, 0) is 87.9 Å². The molecule has 0 saturated carbocycles. The summed E-state index contributed by atoms with van der Waals surface area (Å²) in [7, 11) is 0. The van der Waals surface area contributed by atoms with Crippen LogP contribution in [0.15, 0.2) is 34.3 Å². The predicted octanol–water partition coefficient (Wildman–Crippen LogP) is -10.6. The molecule has 0 saturated heterocycles. The topological polar surface area (TPSA) is 758 Å². The molecule has 17 amide bonds. The number of aliphatic hydroxyl groups is 1. The lowest BCUT2D eigenvalue weighted by atomic mass is 9.97. The van der Waals surface area contributed by atoms with Crippen LogP contribution in [0.4, 0.5) is 0 Å². The molecule has 0 unspecified atom stereocenters. The van der Waals surface area contributed by atoms with Crippen LogP contribution < -0.4 is 126 Å². The van der Waals surface area contributed by atoms with Gasteiger partial charge < -0.3 is 136 Å². The number of hydrogen-bond donors (Lipinski definition) is 29. The van der Waals surface area contributed by atoms with Gasteiger partial charge in [-0.25, -0.2) is 0 Å². The summed E-state index contributed by atoms with van der Waals surface area (Å²) in [6.45, 7) is 10.4. The van der Waals surface area contributed by atoms with E-state index in [4.69, 9.17) is 51.6 Å². The molecule has 1 rings (SSSR count). The van der Waals surface area contributed by atoms with Crippen LogP contribution in [0.2, 0.25) is 0 Å². The van der Waals surface area contributed by atoms with E-state index in [0.29, 0.717) is 5.56 Å². The third-order valence-electron chi connectivity index (χ3n) is 17.4. The molecule has 652 valence electrons. The van der Waals surface area contributed by atoms with Crippen LogP contribution in [0.25, 0.3) is 0 Å². The highest BCUT2D eigenvalue weighted by Crippen LogP contribution is 2.15. The van der Waals surface area contributed by atoms with Gasteiger partial charge >= 0.3 is 0 Å². The predicted molar refractivity (Wildman–Crippen MR) is 439 cm³/mol. The zero-order valence-electron chi connectivity index (χ0n) is 65.6. The maximum absolute atomic E-state index is 14.2. The Morgan fingerprint density at radius 3 is 1.10 bits per heavy atom. The van der Waals surface area contributed by atoms with Crippen molar-refractivity contribution in [2.45, 2.75) is 216 Å². The lowest BCUT2D eigenvalue weighted by molar-refractivity contribution is -0.137. The van der Waals surface area contributed by atoms with Crippen molar-refractivity contribution in [1.29, 1.82) is 0 Å². The Balaban J connectivity index is 3.46. The first kappa shape index (κ1) is 104. The van der Waals surface area contributed by atoms with Gasteiger partial charge in [0.15, 0.2) is 11.9 Å². The van der Waals surface area contributed by atoms with E-state index < -0.39 is 233 Å². The molecule has 1 aromatic rings. The number of nitrogens with one attached hydrogen (secondary N) is 14. The summed E-state index contributed by atoms with van der Waals surface area (Å²) in [5, 5.41) is 54.3. The number of carbonyl (C=O) groups is 17. The number of thiol groups is 4. The number of unbranched alkanes of at least 4 members (excludes halogenated alkanes) is 1. The minimum absolute atomic E-state index is 0.0212. The van der Waals surface area contributed by atoms with Gasteiger partial charge in [0, 0.05) is 42.5 Å². The van der Waals surface area contributed by atoms with Crippen molar-refractivity contribution in [3.8, 4) is 5.75 Å². The minimum Gasteiger partial charge on any atom is -0.508 e. The zero-order chi connectivity index (χ0) is 88.4. The van der Waals surface area contributed by atoms with Crippen LogP contribution in [0.3, 0.4) is 0 Å². The maximum atomic E-state index is 14.2. The summed E-state index contributed by atoms with van der Waals surface area (Å²) in [5.41, 5.74) is 49.9. The van der Waals surface area contributed by atoms with Crippen LogP contribution in [0, 0.1) is 11.8 Å². The van der Waals surface area contributed by atoms with Crippen molar-refractivity contribution in [3.05, 3.63) is 29.8 Å². The molecule has 0 aliphatic heterocycles. The number of carbonyl (C=O) groups excluding carboxylic acids is 17. The van der Waals surface area contributed by atoms with E-state index in [1.54, 1.807) is 27.7 Å².